The predicted octanol–water partition coefficient (Wildman–Crippen LogP) is 4.76. The average Bonchev–Trinajstić information content (AvgIpc) is 3.93. The summed E-state index contributed by atoms with van der Waals surface area (Å²) in [4.78, 5) is 8.63. The molecule has 8 aromatic rings. The number of hydrogen-bond donors (Lipinski definition) is 0. The third-order valence-electron chi connectivity index (χ3n) is 9.08. The fourth-order valence-electron chi connectivity index (χ4n) is 6.97. The Bertz CT molecular complexity index is 1990. The minimum atomic E-state index is -0.586. The van der Waals surface area contributed by atoms with Crippen LogP contribution in [0.25, 0.3) is 0 Å². The fourth-order valence-corrected chi connectivity index (χ4v) is 7.52. The summed E-state index contributed by atoms with van der Waals surface area (Å²) < 4.78 is 4.25. The van der Waals surface area contributed by atoms with Gasteiger partial charge in [-0.15, -0.1) is 0 Å². The van der Waals surface area contributed by atoms with Crippen LogP contribution in [0.5, 0.6) is 0 Å². The van der Waals surface area contributed by atoms with Crippen molar-refractivity contribution in [2.75, 3.05) is 0 Å². The van der Waals surface area contributed by atoms with Crippen molar-refractivity contribution < 1.29 is 44.3 Å². The van der Waals surface area contributed by atoms with Gasteiger partial charge in [-0.2, -0.15) is 0 Å². The zero-order valence-electron chi connectivity index (χ0n) is 28.3. The molecule has 0 saturated heterocycles. The Morgan fingerprint density at radius 1 is 0.377 bits per heavy atom. The number of imidazole rings is 2. The molecule has 0 bridgehead atoms. The molecule has 0 atom stereocenters. The minimum absolute atomic E-state index is 0. The Hall–Kier alpha value is -4.48. The largest absolute Gasteiger partial charge is 2.00 e. The van der Waals surface area contributed by atoms with Crippen LogP contribution < -0.4 is 24.8 Å². The third-order valence-corrected chi connectivity index (χ3v) is 9.74. The summed E-state index contributed by atoms with van der Waals surface area (Å²) in [6, 6.07) is 57.7. The van der Waals surface area contributed by atoms with Gasteiger partial charge in [0.15, 0.2) is 0 Å². The molecule has 0 radical (unpaired) electrons. The zero-order chi connectivity index (χ0) is 34.2. The third kappa shape index (κ3) is 7.92. The van der Waals surface area contributed by atoms with E-state index in [1.54, 1.807) is 12.4 Å². The monoisotopic (exact) mass is 860 g/mol. The Morgan fingerprint density at radius 3 is 0.887 bits per heavy atom. The molecule has 4 nitrogen and oxygen atoms in total. The smallest absolute Gasteiger partial charge is 1.00 e. The molecule has 0 amide bonds. The quantitative estimate of drug-likeness (QED) is 0.164. The van der Waals surface area contributed by atoms with Crippen molar-refractivity contribution in [1.82, 2.24) is 19.1 Å². The molecule has 9 heteroatoms. The van der Waals surface area contributed by atoms with Crippen LogP contribution >= 0.6 is 23.2 Å². The first-order chi connectivity index (χ1) is 24.7. The van der Waals surface area contributed by atoms with Gasteiger partial charge in [0, 0.05) is 46.0 Å². The Balaban J connectivity index is 0.000000224. The molecule has 0 aliphatic rings. The molecular formula is C44H34Cl4N4Ru. The summed E-state index contributed by atoms with van der Waals surface area (Å²) in [5.74, 6) is 0. The van der Waals surface area contributed by atoms with Crippen molar-refractivity contribution in [2.45, 2.75) is 11.1 Å². The van der Waals surface area contributed by atoms with E-state index in [-0.39, 0.29) is 44.3 Å². The van der Waals surface area contributed by atoms with Crippen molar-refractivity contribution in [3.8, 4) is 0 Å². The van der Waals surface area contributed by atoms with E-state index in [1.165, 1.54) is 0 Å². The van der Waals surface area contributed by atoms with Crippen molar-refractivity contribution in [3.05, 3.63) is 251 Å². The molecule has 266 valence electrons. The summed E-state index contributed by atoms with van der Waals surface area (Å²) in [5, 5.41) is 1.45. The van der Waals surface area contributed by atoms with Crippen molar-refractivity contribution in [3.63, 3.8) is 0 Å². The van der Waals surface area contributed by atoms with Crippen molar-refractivity contribution in [2.24, 2.45) is 0 Å². The molecule has 0 aliphatic heterocycles. The zero-order valence-corrected chi connectivity index (χ0v) is 33.0. The summed E-state index contributed by atoms with van der Waals surface area (Å²) in [6.07, 6.45) is 11.3. The standard InChI is InChI=1S/2C22H17ClN2.2ClH.Ru/c2*23-21-14-8-7-13-20(21)22(25-16-15-24-17-25,18-9-3-1-4-10-18)19-11-5-2-6-12-19;;;/h2*1-17H;2*1H;/q;;;;+2/p-2. The minimum Gasteiger partial charge on any atom is -1.00 e. The van der Waals surface area contributed by atoms with Gasteiger partial charge in [-0.25, -0.2) is 9.97 Å². The molecule has 0 unspecified atom stereocenters. The molecule has 0 N–H and O–H groups in total. The maximum Gasteiger partial charge on any atom is 2.00 e. The molecule has 2 aromatic heterocycles. The number of aromatic nitrogens is 4. The van der Waals surface area contributed by atoms with Crippen LogP contribution in [-0.4, -0.2) is 19.1 Å². The van der Waals surface area contributed by atoms with Gasteiger partial charge < -0.3 is 33.9 Å². The number of halogens is 4. The van der Waals surface area contributed by atoms with Crippen LogP contribution in [0.1, 0.15) is 33.4 Å². The number of benzene rings is 6. The first-order valence-corrected chi connectivity index (χ1v) is 17.1. The van der Waals surface area contributed by atoms with E-state index in [9.17, 15) is 0 Å². The molecule has 0 spiro atoms. The van der Waals surface area contributed by atoms with Crippen LogP contribution in [-0.2, 0) is 30.6 Å². The topological polar surface area (TPSA) is 35.6 Å². The van der Waals surface area contributed by atoms with Gasteiger partial charge in [0.1, 0.15) is 11.1 Å². The van der Waals surface area contributed by atoms with E-state index in [4.69, 9.17) is 23.2 Å². The first kappa shape index (κ1) is 41.3. The van der Waals surface area contributed by atoms with Crippen LogP contribution in [0.15, 0.2) is 207 Å². The summed E-state index contributed by atoms with van der Waals surface area (Å²) >= 11 is 13.4. The summed E-state index contributed by atoms with van der Waals surface area (Å²) in [7, 11) is 0. The number of rotatable bonds is 8. The maximum atomic E-state index is 6.69. The Morgan fingerprint density at radius 2 is 0.642 bits per heavy atom. The van der Waals surface area contributed by atoms with Crippen LogP contribution in [0.4, 0.5) is 0 Å². The average molecular weight is 862 g/mol. The second-order valence-corrected chi connectivity index (χ2v) is 12.6. The predicted molar refractivity (Wildman–Crippen MR) is 204 cm³/mol. The second-order valence-electron chi connectivity index (χ2n) is 11.8. The summed E-state index contributed by atoms with van der Waals surface area (Å²) in [6.45, 7) is 0. The number of nitrogens with zero attached hydrogens (tertiary/aromatic N) is 4. The molecule has 0 aliphatic carbocycles. The van der Waals surface area contributed by atoms with E-state index in [0.29, 0.717) is 0 Å². The Labute approximate surface area is 346 Å². The molecular weight excluding hydrogens is 827 g/mol. The normalized spacial score (nSPS) is 10.8. The fraction of sp³-hybridized carbons (Fsp3) is 0.0455. The van der Waals surface area contributed by atoms with E-state index in [0.717, 1.165) is 43.4 Å². The molecule has 6 aromatic carbocycles. The molecule has 0 saturated carbocycles. The van der Waals surface area contributed by atoms with Gasteiger partial charge in [-0.3, -0.25) is 0 Å². The van der Waals surface area contributed by atoms with Gasteiger partial charge in [0.05, 0.1) is 12.7 Å². The van der Waals surface area contributed by atoms with Crippen LogP contribution in [0, 0.1) is 0 Å². The maximum absolute atomic E-state index is 6.69. The molecule has 2 heterocycles. The second kappa shape index (κ2) is 19.0. The van der Waals surface area contributed by atoms with Gasteiger partial charge in [0.2, 0.25) is 0 Å². The summed E-state index contributed by atoms with van der Waals surface area (Å²) in [5.41, 5.74) is 5.40. The van der Waals surface area contributed by atoms with E-state index >= 15 is 0 Å². The van der Waals surface area contributed by atoms with Crippen molar-refractivity contribution in [1.29, 1.82) is 0 Å². The van der Waals surface area contributed by atoms with E-state index in [2.05, 4.69) is 128 Å². The number of hydrogen-bond acceptors (Lipinski definition) is 2. The first-order valence-electron chi connectivity index (χ1n) is 16.4. The van der Waals surface area contributed by atoms with Gasteiger partial charge >= 0.3 is 19.5 Å². The Kier molecular flexibility index (Phi) is 14.8. The van der Waals surface area contributed by atoms with E-state index in [1.807, 2.05) is 85.7 Å². The van der Waals surface area contributed by atoms with Crippen LogP contribution in [0.2, 0.25) is 10.0 Å². The molecule has 0 fully saturated rings. The molecule has 53 heavy (non-hydrogen) atoms. The van der Waals surface area contributed by atoms with Gasteiger partial charge in [0.25, 0.3) is 0 Å². The van der Waals surface area contributed by atoms with E-state index < -0.39 is 11.1 Å². The van der Waals surface area contributed by atoms with Crippen molar-refractivity contribution >= 4 is 23.2 Å². The van der Waals surface area contributed by atoms with Gasteiger partial charge in [-0.1, -0.05) is 181 Å². The van der Waals surface area contributed by atoms with Crippen LogP contribution in [0.3, 0.4) is 0 Å². The van der Waals surface area contributed by atoms with Gasteiger partial charge in [-0.05, 0) is 34.4 Å². The molecule has 8 rings (SSSR count). The SMILES string of the molecule is Clc1ccccc1C(c1ccccc1)(c1ccccc1)n1ccnc1.Clc1ccccc1C(c1ccccc1)(c1ccccc1)n1ccnc1.[Cl-].[Cl-].[Ru+2].